The molecular weight excluding hydrogens is 227 g/mol. The molecule has 0 bridgehead atoms. The lowest BCUT2D eigenvalue weighted by atomic mass is 10.0. The highest BCUT2D eigenvalue weighted by molar-refractivity contribution is 5.96. The molecule has 3 rings (SSSR count). The molecule has 3 heteroatoms. The van der Waals surface area contributed by atoms with E-state index in [2.05, 4.69) is 10.3 Å². The topological polar surface area (TPSA) is 24.9 Å². The summed E-state index contributed by atoms with van der Waals surface area (Å²) in [6.07, 6.45) is 3.14. The highest BCUT2D eigenvalue weighted by Crippen LogP contribution is 2.36. The molecule has 94 valence electrons. The summed E-state index contributed by atoms with van der Waals surface area (Å²) >= 11 is 0. The van der Waals surface area contributed by atoms with Gasteiger partial charge in [-0.2, -0.15) is 0 Å². The summed E-state index contributed by atoms with van der Waals surface area (Å²) in [6.45, 7) is 4.84. The molecule has 2 aromatic rings. The Hall–Kier alpha value is -1.64. The highest BCUT2D eigenvalue weighted by Gasteiger charge is 2.21. The van der Waals surface area contributed by atoms with E-state index in [1.54, 1.807) is 6.07 Å². The minimum absolute atomic E-state index is 0.172. The molecule has 0 unspecified atom stereocenters. The fourth-order valence-electron chi connectivity index (χ4n) is 2.83. The number of pyridine rings is 1. The normalized spacial score (nSPS) is 13.9. The molecule has 1 aliphatic carbocycles. The van der Waals surface area contributed by atoms with Crippen LogP contribution in [0.5, 0.6) is 0 Å². The van der Waals surface area contributed by atoms with Crippen molar-refractivity contribution in [3.63, 3.8) is 0 Å². The Balaban J connectivity index is 2.42. The van der Waals surface area contributed by atoms with Gasteiger partial charge in [0.1, 0.15) is 5.82 Å². The van der Waals surface area contributed by atoms with Crippen molar-refractivity contribution in [2.45, 2.75) is 33.1 Å². The second kappa shape index (κ2) is 4.23. The molecule has 0 radical (unpaired) electrons. The van der Waals surface area contributed by atoms with Crippen LogP contribution in [0.3, 0.4) is 0 Å². The van der Waals surface area contributed by atoms with Crippen LogP contribution in [0.4, 0.5) is 10.1 Å². The molecule has 2 nitrogen and oxygen atoms in total. The molecular formula is C15H17FN2. The quantitative estimate of drug-likeness (QED) is 0.873. The summed E-state index contributed by atoms with van der Waals surface area (Å²) in [5, 5.41) is 4.00. The van der Waals surface area contributed by atoms with Crippen LogP contribution in [0.15, 0.2) is 12.1 Å². The van der Waals surface area contributed by atoms with Gasteiger partial charge in [-0.25, -0.2) is 4.39 Å². The highest BCUT2D eigenvalue weighted by atomic mass is 19.1. The van der Waals surface area contributed by atoms with Crippen molar-refractivity contribution in [2.24, 2.45) is 0 Å². The van der Waals surface area contributed by atoms with Crippen molar-refractivity contribution in [3.8, 4) is 0 Å². The molecule has 0 amide bonds. The van der Waals surface area contributed by atoms with E-state index in [4.69, 9.17) is 0 Å². The average molecular weight is 244 g/mol. The molecule has 1 heterocycles. The van der Waals surface area contributed by atoms with E-state index in [1.165, 1.54) is 5.56 Å². The zero-order valence-corrected chi connectivity index (χ0v) is 10.8. The third-order valence-electron chi connectivity index (χ3n) is 3.67. The molecule has 18 heavy (non-hydrogen) atoms. The van der Waals surface area contributed by atoms with Gasteiger partial charge in [-0.3, -0.25) is 4.98 Å². The first-order valence-corrected chi connectivity index (χ1v) is 6.56. The number of nitrogens with zero attached hydrogens (tertiary/aromatic N) is 1. The summed E-state index contributed by atoms with van der Waals surface area (Å²) in [6, 6.07) is 3.35. The Kier molecular flexibility index (Phi) is 2.69. The molecule has 1 N–H and O–H groups in total. The number of benzene rings is 1. The minimum atomic E-state index is -0.172. The van der Waals surface area contributed by atoms with Crippen LogP contribution < -0.4 is 5.32 Å². The van der Waals surface area contributed by atoms with E-state index < -0.39 is 0 Å². The van der Waals surface area contributed by atoms with Gasteiger partial charge in [0.15, 0.2) is 0 Å². The van der Waals surface area contributed by atoms with Crippen LogP contribution in [0.2, 0.25) is 0 Å². The lowest BCUT2D eigenvalue weighted by molar-refractivity contribution is 0.639. The summed E-state index contributed by atoms with van der Waals surface area (Å²) in [5.41, 5.74) is 5.18. The fraction of sp³-hybridized carbons (Fsp3) is 0.400. The van der Waals surface area contributed by atoms with Gasteiger partial charge < -0.3 is 5.32 Å². The molecule has 0 atom stereocenters. The van der Waals surface area contributed by atoms with E-state index in [0.717, 1.165) is 48.3 Å². The number of aryl methyl sites for hydroxylation is 2. The maximum Gasteiger partial charge on any atom is 0.134 e. The monoisotopic (exact) mass is 244 g/mol. The third-order valence-corrected chi connectivity index (χ3v) is 3.67. The standard InChI is InChI=1S/C15H17FN2/c1-3-17-15-10-5-4-6-12(10)18-14-9(2)7-8-11(16)13(14)15/h7-8H,3-6H2,1-2H3,(H,17,18). The number of fused-ring (bicyclic) bond motifs is 2. The largest absolute Gasteiger partial charge is 0.384 e. The summed E-state index contributed by atoms with van der Waals surface area (Å²) in [7, 11) is 0. The van der Waals surface area contributed by atoms with E-state index in [-0.39, 0.29) is 5.82 Å². The molecule has 0 aliphatic heterocycles. The molecule has 0 saturated heterocycles. The Bertz CT molecular complexity index is 620. The first-order chi connectivity index (χ1) is 8.72. The maximum atomic E-state index is 14.1. The smallest absolute Gasteiger partial charge is 0.134 e. The minimum Gasteiger partial charge on any atom is -0.384 e. The summed E-state index contributed by atoms with van der Waals surface area (Å²) < 4.78 is 14.1. The van der Waals surface area contributed by atoms with E-state index in [1.807, 2.05) is 19.9 Å². The van der Waals surface area contributed by atoms with Gasteiger partial charge in [-0.05, 0) is 50.3 Å². The van der Waals surface area contributed by atoms with Gasteiger partial charge >= 0.3 is 0 Å². The van der Waals surface area contributed by atoms with E-state index in [0.29, 0.717) is 5.39 Å². The first-order valence-electron chi connectivity index (χ1n) is 6.56. The number of aromatic nitrogens is 1. The lowest BCUT2D eigenvalue weighted by Crippen LogP contribution is -2.05. The van der Waals surface area contributed by atoms with Crippen LogP contribution in [0.1, 0.15) is 30.2 Å². The molecule has 1 aromatic heterocycles. The second-order valence-corrected chi connectivity index (χ2v) is 4.88. The lowest BCUT2D eigenvalue weighted by Gasteiger charge is -2.15. The number of hydrogen-bond acceptors (Lipinski definition) is 2. The number of nitrogens with one attached hydrogen (secondary N) is 1. The molecule has 0 spiro atoms. The van der Waals surface area contributed by atoms with E-state index >= 15 is 0 Å². The van der Waals surface area contributed by atoms with Crippen molar-refractivity contribution in [1.82, 2.24) is 4.98 Å². The van der Waals surface area contributed by atoms with Crippen molar-refractivity contribution in [1.29, 1.82) is 0 Å². The maximum absolute atomic E-state index is 14.1. The SMILES string of the molecule is CCNc1c2c(nc3c(C)ccc(F)c13)CCC2. The molecule has 0 saturated carbocycles. The van der Waals surface area contributed by atoms with Crippen LogP contribution in [0, 0.1) is 12.7 Å². The number of halogens is 1. The zero-order chi connectivity index (χ0) is 12.7. The van der Waals surface area contributed by atoms with Crippen LogP contribution in [-0.2, 0) is 12.8 Å². The predicted octanol–water partition coefficient (Wildman–Crippen LogP) is 3.60. The summed E-state index contributed by atoms with van der Waals surface area (Å²) in [5.74, 6) is -0.172. The summed E-state index contributed by atoms with van der Waals surface area (Å²) in [4.78, 5) is 4.68. The Labute approximate surface area is 106 Å². The van der Waals surface area contributed by atoms with Crippen LogP contribution in [0.25, 0.3) is 10.9 Å². The number of hydrogen-bond donors (Lipinski definition) is 1. The van der Waals surface area contributed by atoms with Gasteiger partial charge in [0.2, 0.25) is 0 Å². The van der Waals surface area contributed by atoms with Crippen molar-refractivity contribution in [2.75, 3.05) is 11.9 Å². The van der Waals surface area contributed by atoms with Crippen molar-refractivity contribution >= 4 is 16.6 Å². The Morgan fingerprint density at radius 2 is 2.17 bits per heavy atom. The predicted molar refractivity (Wildman–Crippen MR) is 72.6 cm³/mol. The molecule has 1 aromatic carbocycles. The molecule has 1 aliphatic rings. The Morgan fingerprint density at radius 3 is 2.94 bits per heavy atom. The van der Waals surface area contributed by atoms with Crippen molar-refractivity contribution in [3.05, 3.63) is 34.8 Å². The third kappa shape index (κ3) is 1.57. The first kappa shape index (κ1) is 11.5. The van der Waals surface area contributed by atoms with Gasteiger partial charge in [0.25, 0.3) is 0 Å². The zero-order valence-electron chi connectivity index (χ0n) is 10.8. The van der Waals surface area contributed by atoms with Crippen LogP contribution in [-0.4, -0.2) is 11.5 Å². The second-order valence-electron chi connectivity index (χ2n) is 4.88. The van der Waals surface area contributed by atoms with Gasteiger partial charge in [0.05, 0.1) is 16.6 Å². The van der Waals surface area contributed by atoms with Crippen molar-refractivity contribution < 1.29 is 4.39 Å². The number of rotatable bonds is 2. The van der Waals surface area contributed by atoms with Gasteiger partial charge in [-0.15, -0.1) is 0 Å². The van der Waals surface area contributed by atoms with E-state index in [9.17, 15) is 4.39 Å². The Morgan fingerprint density at radius 1 is 1.33 bits per heavy atom. The fourth-order valence-corrected chi connectivity index (χ4v) is 2.83. The number of anilines is 1. The van der Waals surface area contributed by atoms with Crippen LogP contribution >= 0.6 is 0 Å². The molecule has 0 fully saturated rings. The van der Waals surface area contributed by atoms with Gasteiger partial charge in [0, 0.05) is 12.2 Å². The van der Waals surface area contributed by atoms with Gasteiger partial charge in [-0.1, -0.05) is 6.07 Å². The average Bonchev–Trinajstić information content (AvgIpc) is 2.82.